The lowest BCUT2D eigenvalue weighted by Crippen LogP contribution is -2.52. The molecule has 2 aromatic carbocycles. The molecule has 2 unspecified atom stereocenters. The third-order valence-corrected chi connectivity index (χ3v) is 4.88. The summed E-state index contributed by atoms with van der Waals surface area (Å²) in [6, 6.07) is 9.98. The Morgan fingerprint density at radius 1 is 0.794 bits per heavy atom. The van der Waals surface area contributed by atoms with Crippen LogP contribution in [0.1, 0.15) is 47.4 Å². The van der Waals surface area contributed by atoms with Gasteiger partial charge in [0.05, 0.1) is 6.61 Å². The fraction of sp³-hybridized carbons (Fsp3) is 0.292. The topological polar surface area (TPSA) is 171 Å². The van der Waals surface area contributed by atoms with Crippen molar-refractivity contribution in [1.82, 2.24) is 10.6 Å². The lowest BCUT2D eigenvalue weighted by Gasteiger charge is -2.22. The zero-order chi connectivity index (χ0) is 25.3. The van der Waals surface area contributed by atoms with Crippen LogP contribution in [-0.4, -0.2) is 48.0 Å². The molecule has 2 rings (SSSR count). The maximum atomic E-state index is 13.0. The molecule has 2 aromatic rings. The van der Waals surface area contributed by atoms with Crippen LogP contribution in [0.25, 0.3) is 0 Å². The molecule has 6 N–H and O–H groups in total. The van der Waals surface area contributed by atoms with Crippen LogP contribution in [-0.2, 0) is 19.1 Å². The SMILES string of the molecule is CCOC(=O)C(CC(=O)c1ccccc1N)NC(=O)C(CC(=O)c1ccccc1N)NC(C)=O. The van der Waals surface area contributed by atoms with Gasteiger partial charge in [-0.25, -0.2) is 4.79 Å². The smallest absolute Gasteiger partial charge is 0.329 e. The number of carbonyl (C=O) groups excluding carboxylic acids is 5. The maximum Gasteiger partial charge on any atom is 0.329 e. The summed E-state index contributed by atoms with van der Waals surface area (Å²) in [5, 5.41) is 4.83. The molecule has 0 saturated carbocycles. The molecule has 0 heterocycles. The van der Waals surface area contributed by atoms with Gasteiger partial charge < -0.3 is 26.8 Å². The van der Waals surface area contributed by atoms with E-state index in [4.69, 9.17) is 16.2 Å². The predicted octanol–water partition coefficient (Wildman–Crippen LogP) is 1.25. The highest BCUT2D eigenvalue weighted by atomic mass is 16.5. The number of nitrogen functional groups attached to an aromatic ring is 2. The van der Waals surface area contributed by atoms with E-state index in [1.54, 1.807) is 43.3 Å². The van der Waals surface area contributed by atoms with E-state index in [0.29, 0.717) is 0 Å². The van der Waals surface area contributed by atoms with Crippen molar-refractivity contribution in [3.8, 4) is 0 Å². The highest BCUT2D eigenvalue weighted by Crippen LogP contribution is 2.16. The molecule has 34 heavy (non-hydrogen) atoms. The van der Waals surface area contributed by atoms with Gasteiger partial charge in [-0.2, -0.15) is 0 Å². The molecule has 2 atom stereocenters. The largest absolute Gasteiger partial charge is 0.464 e. The van der Waals surface area contributed by atoms with Crippen molar-refractivity contribution in [1.29, 1.82) is 0 Å². The van der Waals surface area contributed by atoms with Crippen LogP contribution in [0, 0.1) is 0 Å². The van der Waals surface area contributed by atoms with Gasteiger partial charge >= 0.3 is 5.97 Å². The Balaban J connectivity index is 2.22. The molecule has 2 amide bonds. The van der Waals surface area contributed by atoms with Gasteiger partial charge in [-0.05, 0) is 31.2 Å². The third-order valence-electron chi connectivity index (χ3n) is 4.88. The molecule has 10 heteroatoms. The first-order valence-electron chi connectivity index (χ1n) is 10.6. The molecule has 0 aliphatic heterocycles. The van der Waals surface area contributed by atoms with E-state index in [1.807, 2.05) is 0 Å². The van der Waals surface area contributed by atoms with Crippen LogP contribution in [0.3, 0.4) is 0 Å². The lowest BCUT2D eigenvalue weighted by molar-refractivity contribution is -0.147. The molecule has 0 saturated heterocycles. The van der Waals surface area contributed by atoms with E-state index in [0.717, 1.165) is 0 Å². The molecule has 0 bridgehead atoms. The van der Waals surface area contributed by atoms with Crippen molar-refractivity contribution in [2.75, 3.05) is 18.1 Å². The van der Waals surface area contributed by atoms with Crippen molar-refractivity contribution >= 4 is 40.7 Å². The summed E-state index contributed by atoms with van der Waals surface area (Å²) >= 11 is 0. The number of amides is 2. The first-order chi connectivity index (χ1) is 16.1. The highest BCUT2D eigenvalue weighted by Gasteiger charge is 2.31. The second kappa shape index (κ2) is 12.1. The van der Waals surface area contributed by atoms with Crippen LogP contribution in [0.2, 0.25) is 0 Å². The third kappa shape index (κ3) is 7.16. The summed E-state index contributed by atoms with van der Waals surface area (Å²) < 4.78 is 4.99. The molecule has 0 aliphatic carbocycles. The first kappa shape index (κ1) is 26.0. The minimum absolute atomic E-state index is 0.0216. The number of esters is 1. The van der Waals surface area contributed by atoms with Gasteiger partial charge in [0.15, 0.2) is 11.6 Å². The molecule has 0 spiro atoms. The lowest BCUT2D eigenvalue weighted by atomic mass is 9.99. The molecular weight excluding hydrogens is 440 g/mol. The van der Waals surface area contributed by atoms with Crippen molar-refractivity contribution in [3.05, 3.63) is 59.7 Å². The number of nitrogens with two attached hydrogens (primary N) is 2. The van der Waals surface area contributed by atoms with Crippen LogP contribution in [0.5, 0.6) is 0 Å². The Kier molecular flexibility index (Phi) is 9.30. The van der Waals surface area contributed by atoms with E-state index in [9.17, 15) is 24.0 Å². The Hall–Kier alpha value is -4.21. The first-order valence-corrected chi connectivity index (χ1v) is 10.6. The van der Waals surface area contributed by atoms with Crippen molar-refractivity contribution < 1.29 is 28.7 Å². The van der Waals surface area contributed by atoms with Crippen molar-refractivity contribution in [2.45, 2.75) is 38.8 Å². The Bertz CT molecular complexity index is 1080. The summed E-state index contributed by atoms with van der Waals surface area (Å²) in [5.74, 6) is -3.19. The predicted molar refractivity (Wildman–Crippen MR) is 126 cm³/mol. The Morgan fingerprint density at radius 2 is 1.26 bits per heavy atom. The minimum atomic E-state index is -1.35. The average molecular weight is 469 g/mol. The average Bonchev–Trinajstić information content (AvgIpc) is 2.78. The van der Waals surface area contributed by atoms with Crippen LogP contribution in [0.15, 0.2) is 48.5 Å². The fourth-order valence-corrected chi connectivity index (χ4v) is 3.26. The summed E-state index contributed by atoms with van der Waals surface area (Å²) in [6.07, 6.45) is -0.833. The summed E-state index contributed by atoms with van der Waals surface area (Å²) in [4.78, 5) is 62.6. The van der Waals surface area contributed by atoms with E-state index < -0.39 is 54.3 Å². The van der Waals surface area contributed by atoms with Gasteiger partial charge in [0.25, 0.3) is 0 Å². The van der Waals surface area contributed by atoms with Gasteiger partial charge in [-0.15, -0.1) is 0 Å². The molecule has 0 aliphatic rings. The molecular formula is C24H28N4O6. The number of anilines is 2. The Morgan fingerprint density at radius 3 is 1.71 bits per heavy atom. The van der Waals surface area contributed by atoms with Gasteiger partial charge in [0, 0.05) is 42.3 Å². The summed E-state index contributed by atoms with van der Waals surface area (Å²) in [6.45, 7) is 2.79. The van der Waals surface area contributed by atoms with E-state index in [-0.39, 0.29) is 29.1 Å². The summed E-state index contributed by atoms with van der Waals surface area (Å²) in [5.41, 5.74) is 12.5. The monoisotopic (exact) mass is 468 g/mol. The zero-order valence-corrected chi connectivity index (χ0v) is 19.0. The van der Waals surface area contributed by atoms with Crippen LogP contribution < -0.4 is 22.1 Å². The van der Waals surface area contributed by atoms with Gasteiger partial charge in [0.2, 0.25) is 11.8 Å². The van der Waals surface area contributed by atoms with E-state index in [2.05, 4.69) is 10.6 Å². The zero-order valence-electron chi connectivity index (χ0n) is 19.0. The second-order valence-electron chi connectivity index (χ2n) is 7.50. The number of rotatable bonds is 11. The number of ketones is 2. The summed E-state index contributed by atoms with van der Waals surface area (Å²) in [7, 11) is 0. The standard InChI is InChI=1S/C24H28N4O6/c1-3-34-24(33)20(13-22(31)16-9-5-7-11-18(16)26)28-23(32)19(27-14(2)29)12-21(30)15-8-4-6-10-17(15)25/h4-11,19-20H,3,12-13,25-26H2,1-2H3,(H,27,29)(H,28,32). The number of hydrogen-bond acceptors (Lipinski definition) is 8. The van der Waals surface area contributed by atoms with E-state index in [1.165, 1.54) is 19.1 Å². The van der Waals surface area contributed by atoms with Gasteiger partial charge in [-0.1, -0.05) is 24.3 Å². The number of Topliss-reactive ketones (excluding diaryl/α,β-unsaturated/α-hetero) is 2. The normalized spacial score (nSPS) is 12.2. The van der Waals surface area contributed by atoms with Gasteiger partial charge in [-0.3, -0.25) is 19.2 Å². The van der Waals surface area contributed by atoms with Crippen molar-refractivity contribution in [2.24, 2.45) is 0 Å². The molecule has 10 nitrogen and oxygen atoms in total. The van der Waals surface area contributed by atoms with Crippen LogP contribution in [0.4, 0.5) is 11.4 Å². The number of nitrogens with one attached hydrogen (secondary N) is 2. The minimum Gasteiger partial charge on any atom is -0.464 e. The molecule has 0 radical (unpaired) electrons. The van der Waals surface area contributed by atoms with Crippen molar-refractivity contribution in [3.63, 3.8) is 0 Å². The number of benzene rings is 2. The number of hydrogen-bond donors (Lipinski definition) is 4. The quantitative estimate of drug-likeness (QED) is 0.217. The molecule has 0 fully saturated rings. The Labute approximate surface area is 197 Å². The van der Waals surface area contributed by atoms with Crippen LogP contribution >= 0.6 is 0 Å². The molecule has 0 aromatic heterocycles. The van der Waals surface area contributed by atoms with E-state index >= 15 is 0 Å². The second-order valence-corrected chi connectivity index (χ2v) is 7.50. The number of ether oxygens (including phenoxy) is 1. The fourth-order valence-electron chi connectivity index (χ4n) is 3.26. The van der Waals surface area contributed by atoms with Gasteiger partial charge in [0.1, 0.15) is 12.1 Å². The number of para-hydroxylation sites is 2. The highest BCUT2D eigenvalue weighted by molar-refractivity contribution is 6.05. The number of carbonyl (C=O) groups is 5. The molecule has 180 valence electrons. The maximum absolute atomic E-state index is 13.0.